The van der Waals surface area contributed by atoms with Gasteiger partial charge in [-0.3, -0.25) is 0 Å². The van der Waals surface area contributed by atoms with Crippen LogP contribution in [0.15, 0.2) is 42.5 Å². The number of nitrogens with zero attached hydrogens (tertiary/aromatic N) is 2. The number of halogens is 1. The Balaban J connectivity index is 2.32. The Morgan fingerprint density at radius 3 is 1.89 bits per heavy atom. The molecule has 2 aromatic carbocycles. The molecule has 0 saturated carbocycles. The summed E-state index contributed by atoms with van der Waals surface area (Å²) in [4.78, 5) is 0. The molecular weight excluding hydrogens is 231 g/mol. The quantitative estimate of drug-likeness (QED) is 0.805. The SMILES string of the molecule is N#Cc1cc(C#N)cc(Oc2ccc(F)cc2)c1. The van der Waals surface area contributed by atoms with Gasteiger partial charge in [0, 0.05) is 0 Å². The second kappa shape index (κ2) is 4.99. The first-order valence-electron chi connectivity index (χ1n) is 5.10. The highest BCUT2D eigenvalue weighted by molar-refractivity contribution is 5.46. The number of ether oxygens (including phenoxy) is 1. The summed E-state index contributed by atoms with van der Waals surface area (Å²) in [7, 11) is 0. The minimum Gasteiger partial charge on any atom is -0.457 e. The van der Waals surface area contributed by atoms with Crippen LogP contribution in [0.1, 0.15) is 11.1 Å². The lowest BCUT2D eigenvalue weighted by atomic mass is 10.1. The largest absolute Gasteiger partial charge is 0.457 e. The molecule has 0 saturated heterocycles. The number of benzene rings is 2. The van der Waals surface area contributed by atoms with Gasteiger partial charge in [0.2, 0.25) is 0 Å². The third kappa shape index (κ3) is 2.63. The number of hydrogen-bond donors (Lipinski definition) is 0. The van der Waals surface area contributed by atoms with Crippen molar-refractivity contribution in [1.29, 1.82) is 10.5 Å². The number of hydrogen-bond acceptors (Lipinski definition) is 3. The molecule has 0 aliphatic heterocycles. The molecular formula is C14H7FN2O. The van der Waals surface area contributed by atoms with Crippen molar-refractivity contribution < 1.29 is 9.13 Å². The molecule has 0 heterocycles. The zero-order valence-corrected chi connectivity index (χ0v) is 9.22. The molecule has 0 amide bonds. The van der Waals surface area contributed by atoms with E-state index >= 15 is 0 Å². The van der Waals surface area contributed by atoms with Crippen molar-refractivity contribution in [3.05, 3.63) is 59.4 Å². The molecule has 0 atom stereocenters. The smallest absolute Gasteiger partial charge is 0.130 e. The fraction of sp³-hybridized carbons (Fsp3) is 0. The number of nitriles is 2. The lowest BCUT2D eigenvalue weighted by Crippen LogP contribution is -1.87. The van der Waals surface area contributed by atoms with E-state index in [-0.39, 0.29) is 5.82 Å². The van der Waals surface area contributed by atoms with Crippen LogP contribution in [0.5, 0.6) is 11.5 Å². The van der Waals surface area contributed by atoms with Gasteiger partial charge in [0.05, 0.1) is 23.3 Å². The predicted octanol–water partition coefficient (Wildman–Crippen LogP) is 3.36. The second-order valence-electron chi connectivity index (χ2n) is 3.53. The molecule has 86 valence electrons. The van der Waals surface area contributed by atoms with Crippen LogP contribution in [0.25, 0.3) is 0 Å². The van der Waals surface area contributed by atoms with Crippen LogP contribution in [-0.2, 0) is 0 Å². The Hall–Kier alpha value is -2.85. The van der Waals surface area contributed by atoms with Gasteiger partial charge in [-0.05, 0) is 42.5 Å². The average molecular weight is 238 g/mol. The van der Waals surface area contributed by atoms with Crippen molar-refractivity contribution in [3.8, 4) is 23.6 Å². The van der Waals surface area contributed by atoms with Crippen LogP contribution < -0.4 is 4.74 Å². The fourth-order valence-electron chi connectivity index (χ4n) is 1.43. The Morgan fingerprint density at radius 1 is 0.833 bits per heavy atom. The molecule has 0 spiro atoms. The maximum atomic E-state index is 12.7. The monoisotopic (exact) mass is 238 g/mol. The van der Waals surface area contributed by atoms with E-state index in [1.54, 1.807) is 0 Å². The molecule has 0 aliphatic carbocycles. The fourth-order valence-corrected chi connectivity index (χ4v) is 1.43. The summed E-state index contributed by atoms with van der Waals surface area (Å²) in [5.74, 6) is 0.457. The van der Waals surface area contributed by atoms with E-state index in [2.05, 4.69) is 0 Å². The zero-order valence-electron chi connectivity index (χ0n) is 9.22. The van der Waals surface area contributed by atoms with Crippen molar-refractivity contribution in [2.24, 2.45) is 0 Å². The van der Waals surface area contributed by atoms with Gasteiger partial charge in [0.25, 0.3) is 0 Å². The van der Waals surface area contributed by atoms with Gasteiger partial charge in [-0.2, -0.15) is 10.5 Å². The second-order valence-corrected chi connectivity index (χ2v) is 3.53. The van der Waals surface area contributed by atoms with Gasteiger partial charge in [0.15, 0.2) is 0 Å². The first kappa shape index (κ1) is 11.6. The Bertz CT molecular complexity index is 619. The van der Waals surface area contributed by atoms with E-state index in [1.807, 2.05) is 12.1 Å². The highest BCUT2D eigenvalue weighted by atomic mass is 19.1. The van der Waals surface area contributed by atoms with Gasteiger partial charge in [-0.1, -0.05) is 0 Å². The van der Waals surface area contributed by atoms with Crippen molar-refractivity contribution in [2.45, 2.75) is 0 Å². The molecule has 2 rings (SSSR count). The van der Waals surface area contributed by atoms with Crippen LogP contribution in [-0.4, -0.2) is 0 Å². The van der Waals surface area contributed by atoms with Gasteiger partial charge in [-0.15, -0.1) is 0 Å². The van der Waals surface area contributed by atoms with Crippen LogP contribution >= 0.6 is 0 Å². The van der Waals surface area contributed by atoms with Crippen molar-refractivity contribution >= 4 is 0 Å². The molecule has 0 radical (unpaired) electrons. The maximum absolute atomic E-state index is 12.7. The van der Waals surface area contributed by atoms with Gasteiger partial charge >= 0.3 is 0 Å². The topological polar surface area (TPSA) is 56.8 Å². The van der Waals surface area contributed by atoms with E-state index in [0.29, 0.717) is 22.6 Å². The Kier molecular flexibility index (Phi) is 3.22. The molecule has 18 heavy (non-hydrogen) atoms. The molecule has 0 N–H and O–H groups in total. The lowest BCUT2D eigenvalue weighted by Gasteiger charge is -2.06. The van der Waals surface area contributed by atoms with E-state index in [4.69, 9.17) is 15.3 Å². The van der Waals surface area contributed by atoms with Crippen LogP contribution in [0.3, 0.4) is 0 Å². The standard InChI is InChI=1S/C14H7FN2O/c15-12-1-3-13(4-2-12)18-14-6-10(8-16)5-11(7-14)9-17/h1-7H. The maximum Gasteiger partial charge on any atom is 0.130 e. The van der Waals surface area contributed by atoms with E-state index in [9.17, 15) is 4.39 Å². The van der Waals surface area contributed by atoms with E-state index < -0.39 is 0 Å². The third-order valence-corrected chi connectivity index (χ3v) is 2.21. The summed E-state index contributed by atoms with van der Waals surface area (Å²) in [5.41, 5.74) is 0.678. The summed E-state index contributed by atoms with van der Waals surface area (Å²) in [6, 6.07) is 13.9. The minimum absolute atomic E-state index is 0.339. The van der Waals surface area contributed by atoms with E-state index in [1.165, 1.54) is 42.5 Å². The Morgan fingerprint density at radius 2 is 1.39 bits per heavy atom. The molecule has 3 nitrogen and oxygen atoms in total. The molecule has 0 unspecified atom stereocenters. The third-order valence-electron chi connectivity index (χ3n) is 2.21. The number of rotatable bonds is 2. The minimum atomic E-state index is -0.356. The first-order valence-corrected chi connectivity index (χ1v) is 5.10. The molecule has 2 aromatic rings. The summed E-state index contributed by atoms with van der Waals surface area (Å²) < 4.78 is 18.2. The Labute approximate surface area is 103 Å². The van der Waals surface area contributed by atoms with Crippen molar-refractivity contribution in [3.63, 3.8) is 0 Å². The summed E-state index contributed by atoms with van der Waals surface area (Å²) in [6.45, 7) is 0. The lowest BCUT2D eigenvalue weighted by molar-refractivity contribution is 0.480. The molecule has 0 bridgehead atoms. The predicted molar refractivity (Wildman–Crippen MR) is 62.3 cm³/mol. The first-order chi connectivity index (χ1) is 8.71. The summed E-state index contributed by atoms with van der Waals surface area (Å²) >= 11 is 0. The highest BCUT2D eigenvalue weighted by Crippen LogP contribution is 2.23. The van der Waals surface area contributed by atoms with Gasteiger partial charge in [-0.25, -0.2) is 4.39 Å². The van der Waals surface area contributed by atoms with Gasteiger partial charge < -0.3 is 4.74 Å². The normalized spacial score (nSPS) is 9.28. The highest BCUT2D eigenvalue weighted by Gasteiger charge is 2.03. The molecule has 0 aliphatic rings. The van der Waals surface area contributed by atoms with Crippen LogP contribution in [0, 0.1) is 28.5 Å². The van der Waals surface area contributed by atoms with Crippen molar-refractivity contribution in [1.82, 2.24) is 0 Å². The van der Waals surface area contributed by atoms with Crippen molar-refractivity contribution in [2.75, 3.05) is 0 Å². The molecule has 4 heteroatoms. The zero-order chi connectivity index (χ0) is 13.0. The average Bonchev–Trinajstić information content (AvgIpc) is 2.41. The summed E-state index contributed by atoms with van der Waals surface area (Å²) in [6.07, 6.45) is 0. The van der Waals surface area contributed by atoms with Crippen LogP contribution in [0.2, 0.25) is 0 Å². The molecule has 0 fully saturated rings. The van der Waals surface area contributed by atoms with E-state index in [0.717, 1.165) is 0 Å². The van der Waals surface area contributed by atoms with Crippen LogP contribution in [0.4, 0.5) is 4.39 Å². The molecule has 0 aromatic heterocycles. The van der Waals surface area contributed by atoms with Gasteiger partial charge in [0.1, 0.15) is 17.3 Å². The summed E-state index contributed by atoms with van der Waals surface area (Å²) in [5, 5.41) is 17.6.